The smallest absolute Gasteiger partial charge is 0.126 e. The quantitative estimate of drug-likeness (QED) is 0.722. The molecule has 0 spiro atoms. The van der Waals surface area contributed by atoms with Crippen molar-refractivity contribution in [2.24, 2.45) is 0 Å². The minimum Gasteiger partial charge on any atom is -0.382 e. The first-order valence-electron chi connectivity index (χ1n) is 8.38. The van der Waals surface area contributed by atoms with E-state index < -0.39 is 0 Å². The van der Waals surface area contributed by atoms with Crippen LogP contribution >= 0.6 is 0 Å². The SMILES string of the molecule is CC(C)=O.CC(C)=O.CCOCC.CCOCC.CCOCC. The van der Waals surface area contributed by atoms with Gasteiger partial charge in [-0.2, -0.15) is 0 Å². The first kappa shape index (κ1) is 33.7. The van der Waals surface area contributed by atoms with Crippen LogP contribution in [0, 0.1) is 0 Å². The van der Waals surface area contributed by atoms with E-state index in [1.165, 1.54) is 27.7 Å². The third-order valence-electron chi connectivity index (χ3n) is 1.22. The van der Waals surface area contributed by atoms with Crippen molar-refractivity contribution in [2.75, 3.05) is 39.6 Å². The van der Waals surface area contributed by atoms with E-state index >= 15 is 0 Å². The number of carbonyl (C=O) groups is 2. The Kier molecular flexibility index (Phi) is 62.9. The van der Waals surface area contributed by atoms with Gasteiger partial charge in [-0.15, -0.1) is 0 Å². The van der Waals surface area contributed by atoms with Crippen LogP contribution in [0.3, 0.4) is 0 Å². The number of hydrogen-bond acceptors (Lipinski definition) is 5. The van der Waals surface area contributed by atoms with E-state index in [4.69, 9.17) is 14.2 Å². The van der Waals surface area contributed by atoms with Gasteiger partial charge in [0.05, 0.1) is 0 Å². The molecule has 0 aromatic heterocycles. The van der Waals surface area contributed by atoms with E-state index in [1.54, 1.807) is 0 Å². The predicted octanol–water partition coefficient (Wildman–Crippen LogP) is 4.32. The van der Waals surface area contributed by atoms with Crippen molar-refractivity contribution in [3.8, 4) is 0 Å². The molecule has 0 aliphatic heterocycles. The molecule has 0 N–H and O–H groups in total. The van der Waals surface area contributed by atoms with E-state index in [2.05, 4.69) is 0 Å². The van der Waals surface area contributed by atoms with Gasteiger partial charge in [0.25, 0.3) is 0 Å². The average molecular weight is 339 g/mol. The molecule has 0 unspecified atom stereocenters. The molecule has 0 fully saturated rings. The highest BCUT2D eigenvalue weighted by atomic mass is 16.5. The Morgan fingerprint density at radius 2 is 0.565 bits per heavy atom. The second-order valence-corrected chi connectivity index (χ2v) is 4.16. The van der Waals surface area contributed by atoms with Crippen LogP contribution < -0.4 is 0 Å². The number of hydrogen-bond donors (Lipinski definition) is 0. The van der Waals surface area contributed by atoms with Gasteiger partial charge in [0, 0.05) is 39.6 Å². The molecule has 0 heterocycles. The van der Waals surface area contributed by atoms with Crippen molar-refractivity contribution >= 4 is 11.6 Å². The summed E-state index contributed by atoms with van der Waals surface area (Å²) in [5.41, 5.74) is 0. The molecule has 0 aliphatic rings. The average Bonchev–Trinajstić information content (AvgIpc) is 2.41. The Labute approximate surface area is 145 Å². The lowest BCUT2D eigenvalue weighted by atomic mass is 10.6. The van der Waals surface area contributed by atoms with Crippen molar-refractivity contribution in [1.29, 1.82) is 0 Å². The summed E-state index contributed by atoms with van der Waals surface area (Å²) < 4.78 is 14.5. The van der Waals surface area contributed by atoms with E-state index in [9.17, 15) is 9.59 Å². The Morgan fingerprint density at radius 3 is 0.565 bits per heavy atom. The molecule has 0 bridgehead atoms. The summed E-state index contributed by atoms with van der Waals surface area (Å²) in [6.45, 7) is 23.1. The van der Waals surface area contributed by atoms with E-state index in [0.29, 0.717) is 0 Å². The number of carbonyl (C=O) groups excluding carboxylic acids is 2. The van der Waals surface area contributed by atoms with Gasteiger partial charge in [0.1, 0.15) is 11.6 Å². The van der Waals surface area contributed by atoms with Gasteiger partial charge in [-0.3, -0.25) is 0 Å². The summed E-state index contributed by atoms with van der Waals surface area (Å²) in [4.78, 5) is 18.9. The fourth-order valence-corrected chi connectivity index (χ4v) is 0.612. The molecule has 0 atom stereocenters. The van der Waals surface area contributed by atoms with Crippen LogP contribution in [0.5, 0.6) is 0 Å². The van der Waals surface area contributed by atoms with Crippen molar-refractivity contribution in [2.45, 2.75) is 69.2 Å². The molecule has 0 radical (unpaired) electrons. The first-order chi connectivity index (χ1) is 10.7. The fourth-order valence-electron chi connectivity index (χ4n) is 0.612. The van der Waals surface area contributed by atoms with Crippen LogP contribution in [0.25, 0.3) is 0 Å². The largest absolute Gasteiger partial charge is 0.382 e. The molecule has 0 saturated heterocycles. The summed E-state index contributed by atoms with van der Waals surface area (Å²) in [5, 5.41) is 0. The summed E-state index contributed by atoms with van der Waals surface area (Å²) in [5.74, 6) is 0.333. The molecule has 23 heavy (non-hydrogen) atoms. The molecule has 5 nitrogen and oxygen atoms in total. The van der Waals surface area contributed by atoms with Gasteiger partial charge in [0.2, 0.25) is 0 Å². The van der Waals surface area contributed by atoms with Crippen LogP contribution in [0.1, 0.15) is 69.2 Å². The lowest BCUT2D eigenvalue weighted by Gasteiger charge is -1.86. The monoisotopic (exact) mass is 338 g/mol. The van der Waals surface area contributed by atoms with Crippen LogP contribution in [0.4, 0.5) is 0 Å². The molecule has 0 rings (SSSR count). The predicted molar refractivity (Wildman–Crippen MR) is 99.2 cm³/mol. The van der Waals surface area contributed by atoms with Crippen molar-refractivity contribution in [1.82, 2.24) is 0 Å². The van der Waals surface area contributed by atoms with Gasteiger partial charge >= 0.3 is 0 Å². The maximum atomic E-state index is 9.44. The standard InChI is InChI=1S/3C4H10O.2C3H6O/c3*1-3-5-4-2;2*1-3(2)4/h3*3-4H2,1-2H3;2*1-2H3. The summed E-state index contributed by atoms with van der Waals surface area (Å²) >= 11 is 0. The van der Waals surface area contributed by atoms with Gasteiger partial charge in [0.15, 0.2) is 0 Å². The highest BCUT2D eigenvalue weighted by Crippen LogP contribution is 1.65. The molecule has 0 saturated carbocycles. The van der Waals surface area contributed by atoms with E-state index in [1.807, 2.05) is 41.5 Å². The van der Waals surface area contributed by atoms with E-state index in [0.717, 1.165) is 39.6 Å². The topological polar surface area (TPSA) is 61.8 Å². The first-order valence-corrected chi connectivity index (χ1v) is 8.38. The highest BCUT2D eigenvalue weighted by molar-refractivity contribution is 5.72. The zero-order valence-electron chi connectivity index (χ0n) is 17.3. The molecule has 5 heteroatoms. The molecule has 144 valence electrons. The molecule has 0 aromatic rings. The molecular formula is C18H42O5. The van der Waals surface area contributed by atoms with Crippen molar-refractivity contribution in [3.63, 3.8) is 0 Å². The Morgan fingerprint density at radius 1 is 0.478 bits per heavy atom. The van der Waals surface area contributed by atoms with E-state index in [-0.39, 0.29) is 11.6 Å². The second-order valence-electron chi connectivity index (χ2n) is 4.16. The maximum absolute atomic E-state index is 9.44. The molecule has 0 aromatic carbocycles. The Balaban J connectivity index is -0.0000000589. The number of rotatable bonds is 6. The Hall–Kier alpha value is -0.780. The second kappa shape index (κ2) is 42.9. The van der Waals surface area contributed by atoms with Gasteiger partial charge in [-0.05, 0) is 69.2 Å². The van der Waals surface area contributed by atoms with Crippen LogP contribution in [0.2, 0.25) is 0 Å². The minimum absolute atomic E-state index is 0.167. The van der Waals surface area contributed by atoms with Gasteiger partial charge in [-0.1, -0.05) is 0 Å². The third-order valence-corrected chi connectivity index (χ3v) is 1.22. The summed E-state index contributed by atoms with van der Waals surface area (Å²) in [7, 11) is 0. The lowest BCUT2D eigenvalue weighted by Crippen LogP contribution is -1.84. The molecular weight excluding hydrogens is 296 g/mol. The highest BCUT2D eigenvalue weighted by Gasteiger charge is 1.65. The Bertz CT molecular complexity index is 154. The summed E-state index contributed by atoms with van der Waals surface area (Å²) in [6.07, 6.45) is 0. The zero-order valence-corrected chi connectivity index (χ0v) is 17.3. The van der Waals surface area contributed by atoms with Crippen molar-refractivity contribution in [3.05, 3.63) is 0 Å². The number of ether oxygens (including phenoxy) is 3. The lowest BCUT2D eigenvalue weighted by molar-refractivity contribution is -0.115. The van der Waals surface area contributed by atoms with Gasteiger partial charge in [-0.25, -0.2) is 0 Å². The zero-order chi connectivity index (χ0) is 19.5. The van der Waals surface area contributed by atoms with Crippen LogP contribution in [-0.2, 0) is 23.8 Å². The normalized spacial score (nSPS) is 7.74. The third kappa shape index (κ3) is 288. The fraction of sp³-hybridized carbons (Fsp3) is 0.889. The van der Waals surface area contributed by atoms with Crippen LogP contribution in [-0.4, -0.2) is 51.2 Å². The number of ketones is 2. The minimum atomic E-state index is 0.167. The summed E-state index contributed by atoms with van der Waals surface area (Å²) in [6, 6.07) is 0. The molecule has 0 amide bonds. The maximum Gasteiger partial charge on any atom is 0.126 e. The van der Waals surface area contributed by atoms with Gasteiger partial charge < -0.3 is 23.8 Å². The molecule has 0 aliphatic carbocycles. The van der Waals surface area contributed by atoms with Crippen molar-refractivity contribution < 1.29 is 23.8 Å². The number of Topliss-reactive ketones (excluding diaryl/α,β-unsaturated/α-hetero) is 2. The van der Waals surface area contributed by atoms with Crippen LogP contribution in [0.15, 0.2) is 0 Å².